The molecular weight excluding hydrogens is 374 g/mol. The Morgan fingerprint density at radius 1 is 0.967 bits per heavy atom. The van der Waals surface area contributed by atoms with Gasteiger partial charge in [-0.25, -0.2) is 4.79 Å². The van der Waals surface area contributed by atoms with Gasteiger partial charge in [0, 0.05) is 24.4 Å². The molecular formula is C26H23NO3. The average molecular weight is 397 g/mol. The van der Waals surface area contributed by atoms with Gasteiger partial charge in [0.1, 0.15) is 6.61 Å². The van der Waals surface area contributed by atoms with E-state index in [0.717, 1.165) is 11.1 Å². The van der Waals surface area contributed by atoms with Gasteiger partial charge in [-0.15, -0.1) is 0 Å². The Labute approximate surface area is 176 Å². The number of aliphatic hydroxyl groups excluding tert-OH is 1. The van der Waals surface area contributed by atoms with Gasteiger partial charge >= 0.3 is 6.09 Å². The second-order valence-electron chi connectivity index (χ2n) is 7.16. The van der Waals surface area contributed by atoms with Crippen molar-refractivity contribution in [1.29, 1.82) is 0 Å². The third kappa shape index (κ3) is 4.37. The fourth-order valence-electron chi connectivity index (χ4n) is 3.79. The summed E-state index contributed by atoms with van der Waals surface area (Å²) in [6.07, 6.45) is 0.0917. The Bertz CT molecular complexity index is 1060. The Morgan fingerprint density at radius 2 is 1.67 bits per heavy atom. The number of hydrogen-bond donors (Lipinski definition) is 2. The number of carbonyl (C=O) groups excluding carboxylic acids is 1. The van der Waals surface area contributed by atoms with Crippen LogP contribution in [-0.4, -0.2) is 24.4 Å². The SMILES string of the molecule is O=C(NCCC#Cc1cccc(CO)c1)OCC1c2ccccc2-c2ccccc21. The molecule has 0 saturated carbocycles. The van der Waals surface area contributed by atoms with Gasteiger partial charge in [0.05, 0.1) is 6.61 Å². The maximum absolute atomic E-state index is 12.1. The van der Waals surface area contributed by atoms with Gasteiger partial charge in [-0.3, -0.25) is 0 Å². The summed E-state index contributed by atoms with van der Waals surface area (Å²) in [5, 5.41) is 11.9. The molecule has 1 aliphatic rings. The number of hydrogen-bond acceptors (Lipinski definition) is 3. The molecule has 3 aromatic carbocycles. The van der Waals surface area contributed by atoms with E-state index in [4.69, 9.17) is 9.84 Å². The molecule has 0 spiro atoms. The molecule has 1 aliphatic carbocycles. The van der Waals surface area contributed by atoms with Crippen molar-refractivity contribution in [3.8, 4) is 23.0 Å². The van der Waals surface area contributed by atoms with Gasteiger partial charge in [-0.1, -0.05) is 72.5 Å². The molecule has 30 heavy (non-hydrogen) atoms. The molecule has 3 aromatic rings. The Hall–Kier alpha value is -3.55. The molecule has 0 atom stereocenters. The molecule has 0 aliphatic heterocycles. The van der Waals surface area contributed by atoms with Crippen molar-refractivity contribution in [2.45, 2.75) is 18.9 Å². The van der Waals surface area contributed by atoms with Crippen molar-refractivity contribution < 1.29 is 14.6 Å². The molecule has 4 rings (SSSR count). The predicted octanol–water partition coefficient (Wildman–Crippen LogP) is 4.46. The Balaban J connectivity index is 1.28. The van der Waals surface area contributed by atoms with E-state index in [9.17, 15) is 4.79 Å². The van der Waals surface area contributed by atoms with Crippen LogP contribution in [0.2, 0.25) is 0 Å². The minimum atomic E-state index is -0.430. The van der Waals surface area contributed by atoms with E-state index in [1.807, 2.05) is 48.5 Å². The van der Waals surface area contributed by atoms with E-state index < -0.39 is 6.09 Å². The van der Waals surface area contributed by atoms with E-state index in [-0.39, 0.29) is 12.5 Å². The number of ether oxygens (including phenoxy) is 1. The number of benzene rings is 3. The van der Waals surface area contributed by atoms with Gasteiger partial charge in [0.15, 0.2) is 0 Å². The second-order valence-corrected chi connectivity index (χ2v) is 7.16. The third-order valence-corrected chi connectivity index (χ3v) is 5.21. The average Bonchev–Trinajstić information content (AvgIpc) is 3.11. The van der Waals surface area contributed by atoms with Gasteiger partial charge in [0.2, 0.25) is 0 Å². The first-order chi connectivity index (χ1) is 14.8. The van der Waals surface area contributed by atoms with Gasteiger partial charge in [-0.2, -0.15) is 0 Å². The highest BCUT2D eigenvalue weighted by Crippen LogP contribution is 2.44. The second kappa shape index (κ2) is 9.30. The third-order valence-electron chi connectivity index (χ3n) is 5.21. The summed E-state index contributed by atoms with van der Waals surface area (Å²) < 4.78 is 5.51. The number of amides is 1. The number of fused-ring (bicyclic) bond motifs is 3. The van der Waals surface area contributed by atoms with Crippen LogP contribution in [0.4, 0.5) is 4.79 Å². The lowest BCUT2D eigenvalue weighted by Gasteiger charge is -2.14. The molecule has 0 heterocycles. The molecule has 4 heteroatoms. The van der Waals surface area contributed by atoms with Crippen LogP contribution < -0.4 is 5.32 Å². The summed E-state index contributed by atoms with van der Waals surface area (Å²) in [4.78, 5) is 12.1. The Morgan fingerprint density at radius 3 is 2.37 bits per heavy atom. The standard InChI is InChI=1S/C26H23NO3/c28-17-20-10-7-9-19(16-20)8-5-6-15-27-26(29)30-18-25-23-13-3-1-11-21(23)22-12-2-4-14-24(22)25/h1-4,7,9-14,16,25,28H,6,15,17-18H2,(H,27,29). The van der Waals surface area contributed by atoms with Crippen LogP contribution in [0.3, 0.4) is 0 Å². The highest BCUT2D eigenvalue weighted by atomic mass is 16.5. The summed E-state index contributed by atoms with van der Waals surface area (Å²) in [5.74, 6) is 6.13. The lowest BCUT2D eigenvalue weighted by Crippen LogP contribution is -2.26. The van der Waals surface area contributed by atoms with E-state index >= 15 is 0 Å². The van der Waals surface area contributed by atoms with Crippen LogP contribution in [-0.2, 0) is 11.3 Å². The van der Waals surface area contributed by atoms with Crippen molar-refractivity contribution in [2.24, 2.45) is 0 Å². The molecule has 0 unspecified atom stereocenters. The maximum atomic E-state index is 12.1. The summed E-state index contributed by atoms with van der Waals surface area (Å²) in [6, 6.07) is 24.0. The normalized spacial score (nSPS) is 11.8. The molecule has 0 radical (unpaired) electrons. The van der Waals surface area contributed by atoms with Crippen molar-refractivity contribution in [2.75, 3.05) is 13.2 Å². The minimum absolute atomic E-state index is 0.00113. The lowest BCUT2D eigenvalue weighted by atomic mass is 9.98. The van der Waals surface area contributed by atoms with Crippen molar-refractivity contribution >= 4 is 6.09 Å². The van der Waals surface area contributed by atoms with Crippen LogP contribution in [0.25, 0.3) is 11.1 Å². The zero-order chi connectivity index (χ0) is 20.8. The molecule has 150 valence electrons. The monoisotopic (exact) mass is 397 g/mol. The summed E-state index contributed by atoms with van der Waals surface area (Å²) >= 11 is 0. The fourth-order valence-corrected chi connectivity index (χ4v) is 3.79. The first-order valence-electron chi connectivity index (χ1n) is 10.0. The molecule has 0 bridgehead atoms. The molecule has 0 fully saturated rings. The van der Waals surface area contributed by atoms with E-state index in [2.05, 4.69) is 41.4 Å². The summed E-state index contributed by atoms with van der Waals surface area (Å²) in [7, 11) is 0. The zero-order valence-corrected chi connectivity index (χ0v) is 16.6. The van der Waals surface area contributed by atoms with E-state index in [1.54, 1.807) is 0 Å². The predicted molar refractivity (Wildman–Crippen MR) is 117 cm³/mol. The van der Waals surface area contributed by atoms with Crippen LogP contribution in [0, 0.1) is 11.8 Å². The van der Waals surface area contributed by atoms with Gasteiger partial charge in [-0.05, 0) is 39.9 Å². The largest absolute Gasteiger partial charge is 0.449 e. The first-order valence-corrected chi connectivity index (χ1v) is 10.0. The number of aliphatic hydroxyl groups is 1. The van der Waals surface area contributed by atoms with Crippen molar-refractivity contribution in [3.05, 3.63) is 95.1 Å². The van der Waals surface area contributed by atoms with Crippen molar-refractivity contribution in [1.82, 2.24) is 5.32 Å². The molecule has 0 saturated heterocycles. The smallest absolute Gasteiger partial charge is 0.407 e. The van der Waals surface area contributed by atoms with Crippen LogP contribution in [0.1, 0.15) is 34.6 Å². The van der Waals surface area contributed by atoms with Crippen LogP contribution >= 0.6 is 0 Å². The number of nitrogens with one attached hydrogen (secondary N) is 1. The lowest BCUT2D eigenvalue weighted by molar-refractivity contribution is 0.143. The molecule has 4 nitrogen and oxygen atoms in total. The minimum Gasteiger partial charge on any atom is -0.449 e. The first kappa shape index (κ1) is 19.8. The fraction of sp³-hybridized carbons (Fsp3) is 0.192. The number of carbonyl (C=O) groups is 1. The van der Waals surface area contributed by atoms with Gasteiger partial charge in [0.25, 0.3) is 0 Å². The maximum Gasteiger partial charge on any atom is 0.407 e. The highest BCUT2D eigenvalue weighted by molar-refractivity contribution is 5.79. The molecule has 2 N–H and O–H groups in total. The molecule has 0 aromatic heterocycles. The summed E-state index contributed by atoms with van der Waals surface area (Å²) in [6.45, 7) is 0.724. The quantitative estimate of drug-likeness (QED) is 0.494. The number of rotatable bonds is 5. The topological polar surface area (TPSA) is 58.6 Å². The van der Waals surface area contributed by atoms with Gasteiger partial charge < -0.3 is 15.2 Å². The molecule has 1 amide bonds. The zero-order valence-electron chi connectivity index (χ0n) is 16.6. The highest BCUT2D eigenvalue weighted by Gasteiger charge is 2.28. The van der Waals surface area contributed by atoms with Crippen molar-refractivity contribution in [3.63, 3.8) is 0 Å². The summed E-state index contributed by atoms with van der Waals surface area (Å²) in [5.41, 5.74) is 6.50. The van der Waals surface area contributed by atoms with E-state index in [1.165, 1.54) is 22.3 Å². The van der Waals surface area contributed by atoms with Crippen LogP contribution in [0.15, 0.2) is 72.8 Å². The Kier molecular flexibility index (Phi) is 6.12. The number of alkyl carbamates (subject to hydrolysis) is 1. The van der Waals surface area contributed by atoms with Crippen LogP contribution in [0.5, 0.6) is 0 Å². The van der Waals surface area contributed by atoms with E-state index in [0.29, 0.717) is 19.6 Å².